The summed E-state index contributed by atoms with van der Waals surface area (Å²) in [5.74, 6) is -0.321. The van der Waals surface area contributed by atoms with Gasteiger partial charge < -0.3 is 19.9 Å². The first-order valence-corrected chi connectivity index (χ1v) is 11.0. The molecule has 190 valence electrons. The van der Waals surface area contributed by atoms with Crippen molar-refractivity contribution in [3.8, 4) is 11.5 Å². The molecule has 0 aliphatic carbocycles. The van der Waals surface area contributed by atoms with Crippen molar-refractivity contribution < 1.29 is 37.3 Å². The molecule has 11 heteroatoms. The molecule has 8 nitrogen and oxygen atoms in total. The zero-order valence-corrected chi connectivity index (χ0v) is 19.1. The maximum Gasteiger partial charge on any atom is 0.573 e. The summed E-state index contributed by atoms with van der Waals surface area (Å²) in [7, 11) is 0. The van der Waals surface area contributed by atoms with Crippen LogP contribution in [0.15, 0.2) is 79.0 Å². The summed E-state index contributed by atoms with van der Waals surface area (Å²) in [6, 6.07) is 19.7. The lowest BCUT2D eigenvalue weighted by Crippen LogP contribution is -2.50. The minimum absolute atomic E-state index is 0.207. The molecule has 4 aromatic rings. The van der Waals surface area contributed by atoms with Gasteiger partial charge >= 0.3 is 6.36 Å². The third-order valence-electron chi connectivity index (χ3n) is 5.65. The number of para-hydroxylation sites is 1. The minimum atomic E-state index is -4.80. The van der Waals surface area contributed by atoms with Gasteiger partial charge in [0.1, 0.15) is 28.4 Å². The molecule has 0 bridgehead atoms. The maximum atomic E-state index is 13.4. The SMILES string of the molecule is O=C(N[C@]1(c2ccc(OC(F)(F)F)cc2)CCOc2cccnc21)c1ccc2ccccc2n1.O=CO. The zero-order valence-electron chi connectivity index (χ0n) is 19.1. The fourth-order valence-corrected chi connectivity index (χ4v) is 4.13. The number of rotatable bonds is 4. The highest BCUT2D eigenvalue weighted by atomic mass is 19.4. The molecule has 0 spiro atoms. The number of pyridine rings is 2. The van der Waals surface area contributed by atoms with Gasteiger partial charge in [0, 0.05) is 18.0 Å². The lowest BCUT2D eigenvalue weighted by atomic mass is 9.81. The molecule has 0 radical (unpaired) electrons. The number of carbonyl (C=O) groups excluding carboxylic acids is 1. The van der Waals surface area contributed by atoms with Crippen LogP contribution in [-0.4, -0.2) is 40.4 Å². The highest BCUT2D eigenvalue weighted by molar-refractivity contribution is 5.95. The quantitative estimate of drug-likeness (QED) is 0.383. The molecular formula is C26H20F3N3O5. The van der Waals surface area contributed by atoms with Crippen molar-refractivity contribution >= 4 is 23.3 Å². The number of hydrogen-bond donors (Lipinski definition) is 2. The summed E-state index contributed by atoms with van der Waals surface area (Å²) in [4.78, 5) is 30.7. The average molecular weight is 511 g/mol. The molecular weight excluding hydrogens is 491 g/mol. The number of amides is 1. The molecule has 0 saturated carbocycles. The molecule has 2 aromatic carbocycles. The van der Waals surface area contributed by atoms with Crippen LogP contribution < -0.4 is 14.8 Å². The van der Waals surface area contributed by atoms with Crippen molar-refractivity contribution in [3.63, 3.8) is 0 Å². The Labute approximate surface area is 208 Å². The fraction of sp³-hybridized carbons (Fsp3) is 0.154. The standard InChI is InChI=1S/C25H18F3N3O3.CH2O2/c26-25(27,28)34-18-10-8-17(9-11-18)24(13-15-33-21-6-3-14-29-22(21)24)31-23(32)20-12-7-16-4-1-2-5-19(16)30-20;2-1-3/h1-12,14H,13,15H2,(H,31,32);1H,(H,2,3)/t24-;/m0./s1. The number of fused-ring (bicyclic) bond motifs is 2. The van der Waals surface area contributed by atoms with Gasteiger partial charge in [0.15, 0.2) is 0 Å². The monoisotopic (exact) mass is 511 g/mol. The van der Waals surface area contributed by atoms with Crippen LogP contribution >= 0.6 is 0 Å². The van der Waals surface area contributed by atoms with E-state index in [1.165, 1.54) is 24.3 Å². The van der Waals surface area contributed by atoms with E-state index in [0.717, 1.165) is 5.39 Å². The average Bonchev–Trinajstić information content (AvgIpc) is 2.88. The summed E-state index contributed by atoms with van der Waals surface area (Å²) in [5.41, 5.74) is 0.734. The van der Waals surface area contributed by atoms with Crippen LogP contribution in [0.3, 0.4) is 0 Å². The van der Waals surface area contributed by atoms with Crippen LogP contribution in [0.5, 0.6) is 11.5 Å². The molecule has 0 fully saturated rings. The Hall–Kier alpha value is -4.67. The Kier molecular flexibility index (Phi) is 7.23. The van der Waals surface area contributed by atoms with Crippen LogP contribution in [0.4, 0.5) is 13.2 Å². The molecule has 5 rings (SSSR count). The van der Waals surface area contributed by atoms with Crippen LogP contribution in [0, 0.1) is 0 Å². The van der Waals surface area contributed by atoms with Crippen molar-refractivity contribution in [1.29, 1.82) is 0 Å². The van der Waals surface area contributed by atoms with Crippen molar-refractivity contribution in [2.75, 3.05) is 6.61 Å². The summed E-state index contributed by atoms with van der Waals surface area (Å²) in [5, 5.41) is 10.8. The summed E-state index contributed by atoms with van der Waals surface area (Å²) < 4.78 is 47.6. The first kappa shape index (κ1) is 25.4. The van der Waals surface area contributed by atoms with Gasteiger partial charge in [-0.15, -0.1) is 13.2 Å². The number of carbonyl (C=O) groups is 2. The molecule has 3 heterocycles. The van der Waals surface area contributed by atoms with Gasteiger partial charge in [0.05, 0.1) is 12.1 Å². The molecule has 0 unspecified atom stereocenters. The van der Waals surface area contributed by atoms with Crippen LogP contribution in [0.2, 0.25) is 0 Å². The molecule has 1 aliphatic rings. The van der Waals surface area contributed by atoms with Gasteiger partial charge in [0.2, 0.25) is 0 Å². The van der Waals surface area contributed by atoms with Gasteiger partial charge in [-0.3, -0.25) is 14.6 Å². The van der Waals surface area contributed by atoms with E-state index in [4.69, 9.17) is 14.6 Å². The predicted molar refractivity (Wildman–Crippen MR) is 126 cm³/mol. The number of nitrogens with zero attached hydrogens (tertiary/aromatic N) is 2. The number of benzene rings is 2. The summed E-state index contributed by atoms with van der Waals surface area (Å²) >= 11 is 0. The van der Waals surface area contributed by atoms with Gasteiger partial charge in [-0.2, -0.15) is 0 Å². The van der Waals surface area contributed by atoms with Crippen molar-refractivity contribution in [2.45, 2.75) is 18.3 Å². The second-order valence-corrected chi connectivity index (χ2v) is 7.87. The highest BCUT2D eigenvalue weighted by Gasteiger charge is 2.43. The Morgan fingerprint density at radius 2 is 1.78 bits per heavy atom. The van der Waals surface area contributed by atoms with E-state index < -0.39 is 17.8 Å². The Morgan fingerprint density at radius 1 is 1.05 bits per heavy atom. The molecule has 1 aliphatic heterocycles. The molecule has 2 N–H and O–H groups in total. The molecule has 1 atom stereocenters. The summed E-state index contributed by atoms with van der Waals surface area (Å²) in [6.07, 6.45) is -2.92. The van der Waals surface area contributed by atoms with E-state index in [9.17, 15) is 18.0 Å². The van der Waals surface area contributed by atoms with Crippen LogP contribution in [0.1, 0.15) is 28.2 Å². The van der Waals surface area contributed by atoms with Gasteiger partial charge in [-0.25, -0.2) is 4.98 Å². The van der Waals surface area contributed by atoms with Crippen molar-refractivity contribution in [2.24, 2.45) is 0 Å². The van der Waals surface area contributed by atoms with E-state index in [1.807, 2.05) is 30.3 Å². The number of ether oxygens (including phenoxy) is 2. The second-order valence-electron chi connectivity index (χ2n) is 7.87. The first-order chi connectivity index (χ1) is 17.8. The van der Waals surface area contributed by atoms with Crippen molar-refractivity contribution in [1.82, 2.24) is 15.3 Å². The number of halogens is 3. The lowest BCUT2D eigenvalue weighted by molar-refractivity contribution is -0.274. The topological polar surface area (TPSA) is 111 Å². The lowest BCUT2D eigenvalue weighted by Gasteiger charge is -2.39. The third kappa shape index (κ3) is 5.61. The molecule has 0 saturated heterocycles. The smallest absolute Gasteiger partial charge is 0.491 e. The van der Waals surface area contributed by atoms with Crippen molar-refractivity contribution in [3.05, 3.63) is 95.9 Å². The van der Waals surface area contributed by atoms with Gasteiger partial charge in [-0.1, -0.05) is 36.4 Å². The Bertz CT molecular complexity index is 1410. The molecule has 2 aromatic heterocycles. The van der Waals surface area contributed by atoms with E-state index in [-0.39, 0.29) is 24.5 Å². The number of alkyl halides is 3. The van der Waals surface area contributed by atoms with Gasteiger partial charge in [-0.05, 0) is 42.0 Å². The highest BCUT2D eigenvalue weighted by Crippen LogP contribution is 2.41. The summed E-state index contributed by atoms with van der Waals surface area (Å²) in [6.45, 7) is 0.0188. The number of hydrogen-bond acceptors (Lipinski definition) is 6. The number of carboxylic acid groups (broad SMARTS) is 1. The largest absolute Gasteiger partial charge is 0.573 e. The van der Waals surface area contributed by atoms with Gasteiger partial charge in [0.25, 0.3) is 12.4 Å². The fourth-order valence-electron chi connectivity index (χ4n) is 4.13. The predicted octanol–water partition coefficient (Wildman–Crippen LogP) is 4.69. The number of nitrogens with one attached hydrogen (secondary N) is 1. The van der Waals surface area contributed by atoms with Crippen LogP contribution in [0.25, 0.3) is 10.9 Å². The molecule has 37 heavy (non-hydrogen) atoms. The van der Waals surface area contributed by atoms with E-state index in [2.05, 4.69) is 20.0 Å². The zero-order chi connectivity index (χ0) is 26.5. The minimum Gasteiger partial charge on any atom is -0.491 e. The second kappa shape index (κ2) is 10.5. The molecule has 1 amide bonds. The maximum absolute atomic E-state index is 13.4. The van der Waals surface area contributed by atoms with E-state index in [0.29, 0.717) is 28.9 Å². The Balaban J connectivity index is 0.00000102. The van der Waals surface area contributed by atoms with Crippen LogP contribution in [-0.2, 0) is 10.3 Å². The van der Waals surface area contributed by atoms with E-state index in [1.54, 1.807) is 24.4 Å². The third-order valence-corrected chi connectivity index (χ3v) is 5.65. The van der Waals surface area contributed by atoms with E-state index >= 15 is 0 Å². The Morgan fingerprint density at radius 3 is 2.51 bits per heavy atom. The first-order valence-electron chi connectivity index (χ1n) is 11.0. The number of aromatic nitrogens is 2. The normalized spacial score (nSPS) is 16.4.